The lowest BCUT2D eigenvalue weighted by Crippen LogP contribution is -2.30. The molecule has 0 bridgehead atoms. The molecule has 1 saturated heterocycles. The summed E-state index contributed by atoms with van der Waals surface area (Å²) in [7, 11) is 0. The van der Waals surface area contributed by atoms with Crippen LogP contribution in [0.25, 0.3) is 0 Å². The van der Waals surface area contributed by atoms with Crippen LogP contribution in [-0.2, 0) is 4.79 Å². The van der Waals surface area contributed by atoms with Crippen LogP contribution in [0, 0.1) is 11.8 Å². The second kappa shape index (κ2) is 4.85. The van der Waals surface area contributed by atoms with Crippen molar-refractivity contribution < 1.29 is 9.59 Å². The van der Waals surface area contributed by atoms with Gasteiger partial charge in [-0.25, -0.2) is 4.79 Å². The molecular formula is C12H20N2O2. The Hall–Kier alpha value is -1.06. The van der Waals surface area contributed by atoms with Gasteiger partial charge in [-0.15, -0.1) is 0 Å². The van der Waals surface area contributed by atoms with Crippen LogP contribution in [-0.4, -0.2) is 29.9 Å². The van der Waals surface area contributed by atoms with Crippen LogP contribution in [0.4, 0.5) is 4.79 Å². The minimum atomic E-state index is -0.214. The molecule has 1 aliphatic heterocycles. The van der Waals surface area contributed by atoms with Gasteiger partial charge in [-0.05, 0) is 18.3 Å². The summed E-state index contributed by atoms with van der Waals surface area (Å²) in [5, 5.41) is 2.31. The molecule has 0 aromatic carbocycles. The van der Waals surface area contributed by atoms with E-state index in [2.05, 4.69) is 12.2 Å². The Morgan fingerprint density at radius 3 is 2.50 bits per heavy atom. The van der Waals surface area contributed by atoms with Gasteiger partial charge in [0.1, 0.15) is 6.54 Å². The van der Waals surface area contributed by atoms with Gasteiger partial charge < -0.3 is 4.90 Å². The molecule has 1 aliphatic carbocycles. The minimum Gasteiger partial charge on any atom is -0.315 e. The van der Waals surface area contributed by atoms with E-state index in [-0.39, 0.29) is 18.5 Å². The zero-order valence-corrected chi connectivity index (χ0v) is 9.87. The molecule has 0 spiro atoms. The summed E-state index contributed by atoms with van der Waals surface area (Å²) in [6.07, 6.45) is 6.24. The molecule has 4 nitrogen and oxygen atoms in total. The zero-order valence-electron chi connectivity index (χ0n) is 9.87. The number of nitrogens with zero attached hydrogens (tertiary/aromatic N) is 1. The van der Waals surface area contributed by atoms with Crippen molar-refractivity contribution in [3.8, 4) is 0 Å². The number of hydrogen-bond acceptors (Lipinski definition) is 2. The van der Waals surface area contributed by atoms with Gasteiger partial charge >= 0.3 is 6.03 Å². The first-order valence-corrected chi connectivity index (χ1v) is 6.24. The molecule has 3 amide bonds. The summed E-state index contributed by atoms with van der Waals surface area (Å²) in [5.41, 5.74) is 0. The van der Waals surface area contributed by atoms with E-state index in [4.69, 9.17) is 0 Å². The summed E-state index contributed by atoms with van der Waals surface area (Å²) in [6, 6.07) is -0.214. The fraction of sp³-hybridized carbons (Fsp3) is 0.833. The first kappa shape index (κ1) is 11.4. The Balaban J connectivity index is 1.71. The van der Waals surface area contributed by atoms with Gasteiger partial charge in [0.2, 0.25) is 5.91 Å². The molecule has 1 N–H and O–H groups in total. The largest absolute Gasteiger partial charge is 0.324 e. The Bertz CT molecular complexity index is 283. The predicted molar refractivity (Wildman–Crippen MR) is 60.9 cm³/mol. The lowest BCUT2D eigenvalue weighted by atomic mass is 9.81. The summed E-state index contributed by atoms with van der Waals surface area (Å²) < 4.78 is 0. The van der Waals surface area contributed by atoms with Crippen molar-refractivity contribution in [1.29, 1.82) is 0 Å². The molecule has 90 valence electrons. The summed E-state index contributed by atoms with van der Waals surface area (Å²) in [4.78, 5) is 23.9. The molecule has 0 unspecified atom stereocenters. The van der Waals surface area contributed by atoms with Crippen molar-refractivity contribution in [2.45, 2.75) is 39.0 Å². The highest BCUT2D eigenvalue weighted by Gasteiger charge is 2.27. The second-order valence-corrected chi connectivity index (χ2v) is 5.19. The molecule has 2 rings (SSSR count). The highest BCUT2D eigenvalue weighted by Crippen LogP contribution is 2.30. The third kappa shape index (κ3) is 2.74. The molecule has 0 atom stereocenters. The fourth-order valence-electron chi connectivity index (χ4n) is 2.62. The van der Waals surface area contributed by atoms with Crippen molar-refractivity contribution in [3.05, 3.63) is 0 Å². The number of amides is 3. The number of carbonyl (C=O) groups excluding carboxylic acids is 2. The monoisotopic (exact) mass is 224 g/mol. The fourth-order valence-corrected chi connectivity index (χ4v) is 2.62. The van der Waals surface area contributed by atoms with E-state index in [0.717, 1.165) is 24.8 Å². The molecule has 0 radical (unpaired) electrons. The van der Waals surface area contributed by atoms with E-state index < -0.39 is 0 Å². The number of urea groups is 1. The van der Waals surface area contributed by atoms with Gasteiger partial charge in [0.25, 0.3) is 0 Å². The maximum absolute atomic E-state index is 11.3. The van der Waals surface area contributed by atoms with Crippen LogP contribution in [0.2, 0.25) is 0 Å². The Labute approximate surface area is 96.4 Å². The number of nitrogens with one attached hydrogen (secondary N) is 1. The Morgan fingerprint density at radius 1 is 1.25 bits per heavy atom. The number of rotatable bonds is 3. The van der Waals surface area contributed by atoms with Crippen LogP contribution in [0.15, 0.2) is 0 Å². The summed E-state index contributed by atoms with van der Waals surface area (Å²) >= 11 is 0. The summed E-state index contributed by atoms with van der Waals surface area (Å²) in [6.45, 7) is 3.29. The zero-order chi connectivity index (χ0) is 11.5. The molecule has 1 heterocycles. The summed E-state index contributed by atoms with van der Waals surface area (Å²) in [5.74, 6) is 1.45. The van der Waals surface area contributed by atoms with Crippen LogP contribution < -0.4 is 5.32 Å². The first-order chi connectivity index (χ1) is 7.65. The number of imide groups is 1. The highest BCUT2D eigenvalue weighted by molar-refractivity contribution is 6.01. The molecule has 16 heavy (non-hydrogen) atoms. The maximum Gasteiger partial charge on any atom is 0.324 e. The number of carbonyl (C=O) groups is 2. The molecule has 2 fully saturated rings. The van der Waals surface area contributed by atoms with Gasteiger partial charge in [0.05, 0.1) is 0 Å². The van der Waals surface area contributed by atoms with E-state index >= 15 is 0 Å². The van der Waals surface area contributed by atoms with E-state index in [1.807, 2.05) is 0 Å². The Kier molecular flexibility index (Phi) is 3.46. The van der Waals surface area contributed by atoms with Gasteiger partial charge in [-0.2, -0.15) is 0 Å². The molecule has 2 aliphatic rings. The van der Waals surface area contributed by atoms with Gasteiger partial charge in [-0.3, -0.25) is 10.1 Å². The van der Waals surface area contributed by atoms with Gasteiger partial charge in [0.15, 0.2) is 0 Å². The first-order valence-electron chi connectivity index (χ1n) is 6.24. The van der Waals surface area contributed by atoms with Crippen molar-refractivity contribution in [2.75, 3.05) is 13.1 Å². The van der Waals surface area contributed by atoms with Crippen LogP contribution >= 0.6 is 0 Å². The average molecular weight is 224 g/mol. The second-order valence-electron chi connectivity index (χ2n) is 5.19. The average Bonchev–Trinajstić information content (AvgIpc) is 2.57. The highest BCUT2D eigenvalue weighted by atomic mass is 16.2. The van der Waals surface area contributed by atoms with E-state index in [0.29, 0.717) is 0 Å². The van der Waals surface area contributed by atoms with E-state index in [1.54, 1.807) is 4.90 Å². The maximum atomic E-state index is 11.3. The Morgan fingerprint density at radius 2 is 1.94 bits per heavy atom. The normalized spacial score (nSPS) is 30.7. The van der Waals surface area contributed by atoms with E-state index in [9.17, 15) is 9.59 Å². The van der Waals surface area contributed by atoms with Crippen molar-refractivity contribution in [3.63, 3.8) is 0 Å². The third-order valence-electron chi connectivity index (χ3n) is 3.81. The smallest absolute Gasteiger partial charge is 0.315 e. The molecule has 0 aromatic rings. The standard InChI is InChI=1S/C12H20N2O2/c1-9-2-4-10(5-3-9)6-7-14-8-11(15)13-12(14)16/h9-10H,2-8H2,1H3,(H,13,15,16). The number of hydrogen-bond donors (Lipinski definition) is 1. The van der Waals surface area contributed by atoms with E-state index in [1.165, 1.54) is 25.7 Å². The van der Waals surface area contributed by atoms with Crippen LogP contribution in [0.3, 0.4) is 0 Å². The molecule has 1 saturated carbocycles. The predicted octanol–water partition coefficient (Wildman–Crippen LogP) is 1.75. The topological polar surface area (TPSA) is 49.4 Å². The quantitative estimate of drug-likeness (QED) is 0.742. The molecular weight excluding hydrogens is 204 g/mol. The SMILES string of the molecule is CC1CCC(CCN2CC(=O)NC2=O)CC1. The van der Waals surface area contributed by atoms with Crippen molar-refractivity contribution in [1.82, 2.24) is 10.2 Å². The van der Waals surface area contributed by atoms with Gasteiger partial charge in [0, 0.05) is 6.54 Å². The molecule has 0 aromatic heterocycles. The lowest BCUT2D eigenvalue weighted by Gasteiger charge is -2.27. The lowest BCUT2D eigenvalue weighted by molar-refractivity contribution is -0.118. The van der Waals surface area contributed by atoms with Crippen LogP contribution in [0.5, 0.6) is 0 Å². The van der Waals surface area contributed by atoms with Crippen LogP contribution in [0.1, 0.15) is 39.0 Å². The molecule has 4 heteroatoms. The third-order valence-corrected chi connectivity index (χ3v) is 3.81. The van der Waals surface area contributed by atoms with Crippen molar-refractivity contribution in [2.24, 2.45) is 11.8 Å². The minimum absolute atomic E-state index is 0.165. The van der Waals surface area contributed by atoms with Crippen molar-refractivity contribution >= 4 is 11.9 Å². The van der Waals surface area contributed by atoms with Gasteiger partial charge in [-0.1, -0.05) is 32.6 Å².